The van der Waals surface area contributed by atoms with Crippen LogP contribution in [0.1, 0.15) is 24.1 Å². The lowest BCUT2D eigenvalue weighted by Gasteiger charge is -2.08. The number of hydrogen-bond acceptors (Lipinski definition) is 1. The number of alkyl halides is 3. The summed E-state index contributed by atoms with van der Waals surface area (Å²) in [6, 6.07) is 5.10. The molecular weight excluding hydrogens is 321 g/mol. The van der Waals surface area contributed by atoms with E-state index in [1.54, 1.807) is 18.2 Å². The minimum atomic E-state index is -4.36. The molecule has 0 aliphatic carbocycles. The lowest BCUT2D eigenvalue weighted by Crippen LogP contribution is -2.09. The zero-order chi connectivity index (χ0) is 14.0. The van der Waals surface area contributed by atoms with E-state index in [2.05, 4.69) is 20.9 Å². The summed E-state index contributed by atoms with van der Waals surface area (Å²) < 4.78 is 39.9. The number of aromatic nitrogens is 1. The van der Waals surface area contributed by atoms with Gasteiger partial charge in [-0.1, -0.05) is 15.9 Å². The normalized spacial score (nSPS) is 12.3. The zero-order valence-corrected chi connectivity index (χ0v) is 11.7. The van der Waals surface area contributed by atoms with Gasteiger partial charge in [0, 0.05) is 15.4 Å². The smallest absolute Gasteiger partial charge is 0.351 e. The average molecular weight is 335 g/mol. The van der Waals surface area contributed by atoms with E-state index >= 15 is 0 Å². The fraction of sp³-hybridized carbons (Fsp3) is 0.385. The van der Waals surface area contributed by atoms with Crippen LogP contribution in [-0.4, -0.2) is 11.5 Å². The molecule has 2 aromatic rings. The topological polar surface area (TPSA) is 41.8 Å². The van der Waals surface area contributed by atoms with Crippen LogP contribution in [0.5, 0.6) is 0 Å². The molecule has 0 saturated carbocycles. The summed E-state index contributed by atoms with van der Waals surface area (Å²) in [5.41, 5.74) is 5.59. The molecular formula is C13H14BrF3N2. The average Bonchev–Trinajstić information content (AvgIpc) is 2.68. The fourth-order valence-corrected chi connectivity index (χ4v) is 2.53. The third kappa shape index (κ3) is 3.12. The van der Waals surface area contributed by atoms with Gasteiger partial charge in [0.2, 0.25) is 0 Å². The van der Waals surface area contributed by atoms with Gasteiger partial charge in [-0.25, -0.2) is 0 Å². The van der Waals surface area contributed by atoms with Crippen molar-refractivity contribution < 1.29 is 13.2 Å². The Morgan fingerprint density at radius 2 is 1.95 bits per heavy atom. The molecule has 2 rings (SSSR count). The Morgan fingerprint density at radius 3 is 2.58 bits per heavy atom. The molecule has 0 fully saturated rings. The highest BCUT2D eigenvalue weighted by molar-refractivity contribution is 9.10. The first kappa shape index (κ1) is 14.4. The van der Waals surface area contributed by atoms with E-state index in [0.717, 1.165) is 10.9 Å². The maximum absolute atomic E-state index is 13.0. The Bertz CT molecular complexity index is 575. The van der Waals surface area contributed by atoms with Crippen molar-refractivity contribution in [3.05, 3.63) is 33.9 Å². The minimum absolute atomic E-state index is 0.331. The van der Waals surface area contributed by atoms with Crippen molar-refractivity contribution in [1.29, 1.82) is 0 Å². The minimum Gasteiger partial charge on any atom is -0.351 e. The number of aryl methyl sites for hydroxylation is 1. The highest BCUT2D eigenvalue weighted by Gasteiger charge is 2.36. The van der Waals surface area contributed by atoms with Crippen molar-refractivity contribution in [2.45, 2.75) is 25.4 Å². The largest absolute Gasteiger partial charge is 0.431 e. The van der Waals surface area contributed by atoms with E-state index < -0.39 is 11.9 Å². The van der Waals surface area contributed by atoms with Crippen LogP contribution in [0.3, 0.4) is 0 Å². The van der Waals surface area contributed by atoms with Crippen molar-refractivity contribution in [3.8, 4) is 0 Å². The van der Waals surface area contributed by atoms with Crippen LogP contribution in [0, 0.1) is 0 Å². The molecule has 0 saturated heterocycles. The number of aromatic amines is 1. The highest BCUT2D eigenvalue weighted by atomic mass is 79.9. The van der Waals surface area contributed by atoms with Crippen LogP contribution >= 0.6 is 15.9 Å². The number of nitrogens with two attached hydrogens (primary N) is 1. The summed E-state index contributed by atoms with van der Waals surface area (Å²) in [5, 5.41) is 0.624. The second-order valence-electron chi connectivity index (χ2n) is 4.41. The van der Waals surface area contributed by atoms with Gasteiger partial charge in [-0.05, 0) is 49.6 Å². The van der Waals surface area contributed by atoms with Gasteiger partial charge >= 0.3 is 6.18 Å². The monoisotopic (exact) mass is 334 g/mol. The predicted molar refractivity (Wildman–Crippen MR) is 73.0 cm³/mol. The number of rotatable bonds is 4. The van der Waals surface area contributed by atoms with E-state index in [1.807, 2.05) is 0 Å². The molecule has 1 heterocycles. The summed E-state index contributed by atoms with van der Waals surface area (Å²) in [7, 11) is 0. The van der Waals surface area contributed by atoms with E-state index in [4.69, 9.17) is 5.73 Å². The summed E-state index contributed by atoms with van der Waals surface area (Å²) in [6.07, 6.45) is -2.61. The summed E-state index contributed by atoms with van der Waals surface area (Å²) in [6.45, 7) is 0.493. The SMILES string of the molecule is NCCCCc1c(C(F)(F)F)[nH]c2ccc(Br)cc12. The van der Waals surface area contributed by atoms with Gasteiger partial charge in [0.1, 0.15) is 5.69 Å². The number of nitrogens with one attached hydrogen (secondary N) is 1. The molecule has 3 N–H and O–H groups in total. The molecule has 19 heavy (non-hydrogen) atoms. The number of benzene rings is 1. The Kier molecular flexibility index (Phi) is 4.20. The van der Waals surface area contributed by atoms with Crippen LogP contribution in [-0.2, 0) is 12.6 Å². The van der Waals surface area contributed by atoms with Gasteiger partial charge in [-0.2, -0.15) is 13.2 Å². The molecule has 0 radical (unpaired) electrons. The first-order chi connectivity index (χ1) is 8.93. The van der Waals surface area contributed by atoms with Crippen molar-refractivity contribution in [2.24, 2.45) is 5.73 Å². The van der Waals surface area contributed by atoms with E-state index in [1.165, 1.54) is 0 Å². The lowest BCUT2D eigenvalue weighted by atomic mass is 10.0. The number of H-pyrrole nitrogens is 1. The lowest BCUT2D eigenvalue weighted by molar-refractivity contribution is -0.141. The highest BCUT2D eigenvalue weighted by Crippen LogP contribution is 2.37. The maximum Gasteiger partial charge on any atom is 0.431 e. The van der Waals surface area contributed by atoms with Gasteiger partial charge in [-0.3, -0.25) is 0 Å². The number of unbranched alkanes of at least 4 members (excludes halogenated alkanes) is 1. The molecule has 0 aliphatic rings. The van der Waals surface area contributed by atoms with Crippen molar-refractivity contribution >= 4 is 26.8 Å². The van der Waals surface area contributed by atoms with Gasteiger partial charge in [0.25, 0.3) is 0 Å². The molecule has 104 valence electrons. The predicted octanol–water partition coefficient (Wildman–Crippen LogP) is 4.23. The molecule has 1 aromatic carbocycles. The number of fused-ring (bicyclic) bond motifs is 1. The summed E-state index contributed by atoms with van der Waals surface area (Å²) >= 11 is 3.29. The molecule has 2 nitrogen and oxygen atoms in total. The first-order valence-electron chi connectivity index (χ1n) is 6.01. The molecule has 0 spiro atoms. The molecule has 0 bridgehead atoms. The Balaban J connectivity index is 2.50. The third-order valence-corrected chi connectivity index (χ3v) is 3.53. The summed E-state index contributed by atoms with van der Waals surface area (Å²) in [4.78, 5) is 2.48. The van der Waals surface area contributed by atoms with E-state index in [0.29, 0.717) is 35.9 Å². The van der Waals surface area contributed by atoms with E-state index in [-0.39, 0.29) is 0 Å². The van der Waals surface area contributed by atoms with Gasteiger partial charge in [0.05, 0.1) is 0 Å². The van der Waals surface area contributed by atoms with Crippen molar-refractivity contribution in [3.63, 3.8) is 0 Å². The molecule has 1 aromatic heterocycles. The van der Waals surface area contributed by atoms with Crippen LogP contribution in [0.4, 0.5) is 13.2 Å². The van der Waals surface area contributed by atoms with Crippen LogP contribution < -0.4 is 5.73 Å². The standard InChI is InChI=1S/C13H14BrF3N2/c14-8-4-5-11-10(7-8)9(3-1-2-6-18)12(19-11)13(15,16)17/h4-5,7,19H,1-3,6,18H2. The van der Waals surface area contributed by atoms with Crippen molar-refractivity contribution in [2.75, 3.05) is 6.54 Å². The molecule has 6 heteroatoms. The third-order valence-electron chi connectivity index (χ3n) is 3.03. The van der Waals surface area contributed by atoms with Gasteiger partial charge in [0.15, 0.2) is 0 Å². The Hall–Kier alpha value is -1.01. The Labute approximate surface area is 117 Å². The second-order valence-corrected chi connectivity index (χ2v) is 5.33. The van der Waals surface area contributed by atoms with E-state index in [9.17, 15) is 13.2 Å². The number of hydrogen-bond donors (Lipinski definition) is 2. The second kappa shape index (κ2) is 5.54. The fourth-order valence-electron chi connectivity index (χ4n) is 2.17. The summed E-state index contributed by atoms with van der Waals surface area (Å²) in [5.74, 6) is 0. The molecule has 0 aliphatic heterocycles. The molecule has 0 unspecified atom stereocenters. The quantitative estimate of drug-likeness (QED) is 0.807. The van der Waals surface area contributed by atoms with Gasteiger partial charge < -0.3 is 10.7 Å². The maximum atomic E-state index is 13.0. The Morgan fingerprint density at radius 1 is 1.21 bits per heavy atom. The van der Waals surface area contributed by atoms with Crippen molar-refractivity contribution in [1.82, 2.24) is 4.98 Å². The first-order valence-corrected chi connectivity index (χ1v) is 6.80. The van der Waals surface area contributed by atoms with Crippen LogP contribution in [0.25, 0.3) is 10.9 Å². The van der Waals surface area contributed by atoms with Crippen LogP contribution in [0.2, 0.25) is 0 Å². The van der Waals surface area contributed by atoms with Crippen LogP contribution in [0.15, 0.2) is 22.7 Å². The zero-order valence-electron chi connectivity index (χ0n) is 10.1. The number of halogens is 4. The van der Waals surface area contributed by atoms with Gasteiger partial charge in [-0.15, -0.1) is 0 Å². The molecule has 0 amide bonds. The molecule has 0 atom stereocenters.